The van der Waals surface area contributed by atoms with Crippen LogP contribution >= 0.6 is 0 Å². The van der Waals surface area contributed by atoms with Crippen LogP contribution in [0.5, 0.6) is 0 Å². The van der Waals surface area contributed by atoms with E-state index >= 15 is 0 Å². The maximum Gasteiger partial charge on any atom is 0.304 e. The molecule has 0 saturated carbocycles. The molecule has 1 fully saturated rings. The lowest BCUT2D eigenvalue weighted by Crippen LogP contribution is -2.46. The van der Waals surface area contributed by atoms with Crippen molar-refractivity contribution in [2.24, 2.45) is 5.92 Å². The highest BCUT2D eigenvalue weighted by Gasteiger charge is 2.51. The van der Waals surface area contributed by atoms with Gasteiger partial charge in [0.05, 0.1) is 5.92 Å². The number of rotatable bonds is 0. The third-order valence-electron chi connectivity index (χ3n) is 3.62. The quantitative estimate of drug-likeness (QED) is 0.668. The van der Waals surface area contributed by atoms with Crippen LogP contribution in [0.4, 0.5) is 13.2 Å². The van der Waals surface area contributed by atoms with Crippen molar-refractivity contribution in [1.82, 2.24) is 0 Å². The number of carbonyl (C=O) groups is 1. The molecule has 1 aliphatic carbocycles. The van der Waals surface area contributed by atoms with Gasteiger partial charge in [-0.1, -0.05) is 0 Å². The van der Waals surface area contributed by atoms with Crippen molar-refractivity contribution >= 4 is 5.78 Å². The summed E-state index contributed by atoms with van der Waals surface area (Å²) in [5.74, 6) is -6.65. The normalized spacial score (nSPS) is 36.4. The van der Waals surface area contributed by atoms with E-state index in [2.05, 4.69) is 0 Å². The van der Waals surface area contributed by atoms with Crippen LogP contribution in [0.25, 0.3) is 0 Å². The highest BCUT2D eigenvalue weighted by Crippen LogP contribution is 2.42. The summed E-state index contributed by atoms with van der Waals surface area (Å²) in [4.78, 5) is 11.9. The highest BCUT2D eigenvalue weighted by atomic mass is 19.3. The highest BCUT2D eigenvalue weighted by molar-refractivity contribution is 5.83. The summed E-state index contributed by atoms with van der Waals surface area (Å²) in [7, 11) is 0. The third kappa shape index (κ3) is 2.60. The molecule has 0 bridgehead atoms. The van der Waals surface area contributed by atoms with E-state index in [0.29, 0.717) is 25.9 Å². The number of alkyl halides is 2. The molecule has 0 aromatic carbocycles. The molecule has 102 valence electrons. The molecule has 2 atom stereocenters. The van der Waals surface area contributed by atoms with E-state index in [1.165, 1.54) is 0 Å². The Hall–Kier alpha value is -0.840. The first kappa shape index (κ1) is 13.6. The standard InChI is InChI=1S/C13H17F3O2/c14-11-7-3-1-2-6-10(17)12-9(13(11,15)16)5-4-8-18-12/h7,9,12H,1-6,8H2/b11-7-/t9-,12+/m0/s1. The van der Waals surface area contributed by atoms with Crippen LogP contribution in [-0.2, 0) is 9.53 Å². The Balaban J connectivity index is 2.31. The van der Waals surface area contributed by atoms with Gasteiger partial charge in [-0.2, -0.15) is 8.78 Å². The molecule has 0 amide bonds. The largest absolute Gasteiger partial charge is 0.370 e. The van der Waals surface area contributed by atoms with Crippen molar-refractivity contribution in [1.29, 1.82) is 0 Å². The van der Waals surface area contributed by atoms with Crippen LogP contribution < -0.4 is 0 Å². The smallest absolute Gasteiger partial charge is 0.304 e. The number of Topliss-reactive ketones (excluding diaryl/α,β-unsaturated/α-hetero) is 1. The van der Waals surface area contributed by atoms with E-state index in [-0.39, 0.29) is 25.0 Å². The zero-order valence-electron chi connectivity index (χ0n) is 10.1. The minimum Gasteiger partial charge on any atom is -0.370 e. The first-order chi connectivity index (χ1) is 8.53. The minimum absolute atomic E-state index is 0.130. The number of ketones is 1. The predicted molar refractivity (Wildman–Crippen MR) is 60.1 cm³/mol. The van der Waals surface area contributed by atoms with Gasteiger partial charge >= 0.3 is 5.92 Å². The molecule has 2 nitrogen and oxygen atoms in total. The summed E-state index contributed by atoms with van der Waals surface area (Å²) >= 11 is 0. The summed E-state index contributed by atoms with van der Waals surface area (Å²) in [6.07, 6.45) is 2.03. The number of hydrogen-bond donors (Lipinski definition) is 0. The molecule has 0 radical (unpaired) electrons. The van der Waals surface area contributed by atoms with Crippen LogP contribution in [0.2, 0.25) is 0 Å². The fraction of sp³-hybridized carbons (Fsp3) is 0.769. The van der Waals surface area contributed by atoms with Gasteiger partial charge in [-0.05, 0) is 38.2 Å². The van der Waals surface area contributed by atoms with Crippen LogP contribution in [0.3, 0.4) is 0 Å². The Labute approximate surface area is 104 Å². The van der Waals surface area contributed by atoms with Gasteiger partial charge < -0.3 is 4.74 Å². The third-order valence-corrected chi connectivity index (χ3v) is 3.62. The average molecular weight is 262 g/mol. The molecular weight excluding hydrogens is 245 g/mol. The number of halogens is 3. The van der Waals surface area contributed by atoms with Gasteiger partial charge in [0.25, 0.3) is 0 Å². The summed E-state index contributed by atoms with van der Waals surface area (Å²) in [6, 6.07) is 0. The van der Waals surface area contributed by atoms with Gasteiger partial charge in [-0.15, -0.1) is 0 Å². The molecule has 0 aromatic heterocycles. The monoisotopic (exact) mass is 262 g/mol. The van der Waals surface area contributed by atoms with Gasteiger partial charge in [0.15, 0.2) is 11.6 Å². The lowest BCUT2D eigenvalue weighted by molar-refractivity contribution is -0.160. The van der Waals surface area contributed by atoms with Crippen LogP contribution in [0.1, 0.15) is 38.5 Å². The lowest BCUT2D eigenvalue weighted by atomic mass is 9.83. The fourth-order valence-electron chi connectivity index (χ4n) is 2.60. The van der Waals surface area contributed by atoms with Crippen molar-refractivity contribution < 1.29 is 22.7 Å². The Morgan fingerprint density at radius 1 is 1.28 bits per heavy atom. The molecule has 0 spiro atoms. The zero-order chi connectivity index (χ0) is 13.2. The van der Waals surface area contributed by atoms with E-state index in [1.807, 2.05) is 0 Å². The van der Waals surface area contributed by atoms with Crippen molar-refractivity contribution in [3.8, 4) is 0 Å². The molecule has 2 aliphatic rings. The summed E-state index contributed by atoms with van der Waals surface area (Å²) in [6.45, 7) is 0.300. The molecule has 1 aliphatic heterocycles. The molecule has 5 heteroatoms. The number of carbonyl (C=O) groups excluding carboxylic acids is 1. The van der Waals surface area contributed by atoms with Crippen molar-refractivity contribution in [3.63, 3.8) is 0 Å². The molecule has 0 N–H and O–H groups in total. The Morgan fingerprint density at radius 2 is 2.06 bits per heavy atom. The number of fused-ring (bicyclic) bond motifs is 1. The number of allylic oxidation sites excluding steroid dienone is 2. The second-order valence-corrected chi connectivity index (χ2v) is 4.93. The van der Waals surface area contributed by atoms with E-state index in [0.717, 1.165) is 6.08 Å². The van der Waals surface area contributed by atoms with Crippen molar-refractivity contribution in [3.05, 3.63) is 11.9 Å². The average Bonchev–Trinajstić information content (AvgIpc) is 2.37. The SMILES string of the molecule is O=C1CCCC/C=C(\F)C(F)(F)[C@H]2CCCO[C@@H]12. The molecule has 0 aromatic rings. The summed E-state index contributed by atoms with van der Waals surface area (Å²) in [5, 5.41) is 0. The first-order valence-electron chi connectivity index (χ1n) is 6.41. The molecular formula is C13H17F3O2. The molecule has 0 unspecified atom stereocenters. The second-order valence-electron chi connectivity index (χ2n) is 4.93. The Kier molecular flexibility index (Phi) is 4.10. The Morgan fingerprint density at radius 3 is 2.83 bits per heavy atom. The van der Waals surface area contributed by atoms with Gasteiger partial charge in [0, 0.05) is 13.0 Å². The van der Waals surface area contributed by atoms with Crippen molar-refractivity contribution in [2.75, 3.05) is 6.61 Å². The van der Waals surface area contributed by atoms with E-state index < -0.39 is 23.8 Å². The molecule has 1 heterocycles. The number of ether oxygens (including phenoxy) is 1. The zero-order valence-corrected chi connectivity index (χ0v) is 10.1. The topological polar surface area (TPSA) is 26.3 Å². The lowest BCUT2D eigenvalue weighted by Gasteiger charge is -2.35. The minimum atomic E-state index is -3.59. The van der Waals surface area contributed by atoms with Gasteiger partial charge in [-0.3, -0.25) is 4.79 Å². The molecule has 18 heavy (non-hydrogen) atoms. The van der Waals surface area contributed by atoms with Gasteiger partial charge in [0.1, 0.15) is 6.10 Å². The molecule has 1 saturated heterocycles. The second kappa shape index (κ2) is 5.43. The molecule has 2 rings (SSSR count). The maximum atomic E-state index is 14.0. The van der Waals surface area contributed by atoms with Crippen LogP contribution in [0, 0.1) is 5.92 Å². The van der Waals surface area contributed by atoms with Crippen LogP contribution in [0.15, 0.2) is 11.9 Å². The summed E-state index contributed by atoms with van der Waals surface area (Å²) < 4.78 is 46.7. The Bertz CT molecular complexity index is 352. The number of hydrogen-bond acceptors (Lipinski definition) is 2. The summed E-state index contributed by atoms with van der Waals surface area (Å²) in [5.41, 5.74) is 0. The maximum absolute atomic E-state index is 14.0. The van der Waals surface area contributed by atoms with Gasteiger partial charge in [0.2, 0.25) is 0 Å². The van der Waals surface area contributed by atoms with E-state index in [1.54, 1.807) is 0 Å². The van der Waals surface area contributed by atoms with Crippen molar-refractivity contribution in [2.45, 2.75) is 50.6 Å². The van der Waals surface area contributed by atoms with Crippen LogP contribution in [-0.4, -0.2) is 24.4 Å². The van der Waals surface area contributed by atoms with E-state index in [4.69, 9.17) is 4.74 Å². The fourth-order valence-corrected chi connectivity index (χ4v) is 2.60. The first-order valence-corrected chi connectivity index (χ1v) is 6.41. The van der Waals surface area contributed by atoms with Gasteiger partial charge in [-0.25, -0.2) is 4.39 Å². The van der Waals surface area contributed by atoms with E-state index in [9.17, 15) is 18.0 Å². The predicted octanol–water partition coefficient (Wildman–Crippen LogP) is 3.41.